The predicted octanol–water partition coefficient (Wildman–Crippen LogP) is 4.24. The molecule has 0 saturated heterocycles. The van der Waals surface area contributed by atoms with Crippen molar-refractivity contribution in [2.45, 2.75) is 20.1 Å². The first-order valence-corrected chi connectivity index (χ1v) is 7.73. The highest BCUT2D eigenvalue weighted by Crippen LogP contribution is 2.37. The van der Waals surface area contributed by atoms with Crippen LogP contribution in [0.2, 0.25) is 0 Å². The molecule has 1 unspecified atom stereocenters. The monoisotopic (exact) mass is 320 g/mol. The third-order valence-corrected chi connectivity index (χ3v) is 4.12. The Bertz CT molecular complexity index is 916. The summed E-state index contributed by atoms with van der Waals surface area (Å²) in [5, 5.41) is 7.41. The number of nitrogens with zero attached hydrogens (tertiary/aromatic N) is 1. The van der Waals surface area contributed by atoms with E-state index in [2.05, 4.69) is 10.5 Å². The van der Waals surface area contributed by atoms with E-state index in [1.165, 1.54) is 0 Å². The molecule has 2 aromatic carbocycles. The van der Waals surface area contributed by atoms with Crippen molar-refractivity contribution < 1.29 is 14.1 Å². The molecule has 0 fully saturated rings. The summed E-state index contributed by atoms with van der Waals surface area (Å²) in [4.78, 5) is 12.4. The Kier molecular flexibility index (Phi) is 3.34. The summed E-state index contributed by atoms with van der Waals surface area (Å²) in [6.45, 7) is 3.76. The number of carbonyl (C=O) groups excluding carboxylic acids is 1. The summed E-state index contributed by atoms with van der Waals surface area (Å²) in [7, 11) is 0. The number of benzene rings is 2. The van der Waals surface area contributed by atoms with Crippen LogP contribution in [0.25, 0.3) is 11.3 Å². The van der Waals surface area contributed by atoms with Crippen LogP contribution in [-0.4, -0.2) is 11.1 Å². The number of carbonyl (C=O) groups is 1. The number of hydrogen-bond acceptors (Lipinski definition) is 5. The zero-order valence-electron chi connectivity index (χ0n) is 13.4. The van der Waals surface area contributed by atoms with Crippen molar-refractivity contribution in [3.63, 3.8) is 0 Å². The van der Waals surface area contributed by atoms with E-state index < -0.39 is 6.23 Å². The van der Waals surface area contributed by atoms with E-state index in [9.17, 15) is 4.79 Å². The zero-order chi connectivity index (χ0) is 16.7. The summed E-state index contributed by atoms with van der Waals surface area (Å²) < 4.78 is 11.0. The summed E-state index contributed by atoms with van der Waals surface area (Å²) in [5.41, 5.74) is 4.63. The maximum atomic E-state index is 12.4. The van der Waals surface area contributed by atoms with Crippen molar-refractivity contribution in [1.82, 2.24) is 5.16 Å². The second-order valence-corrected chi connectivity index (χ2v) is 5.85. The second kappa shape index (κ2) is 5.53. The van der Waals surface area contributed by atoms with Crippen LogP contribution < -0.4 is 5.32 Å². The van der Waals surface area contributed by atoms with Crippen molar-refractivity contribution in [2.24, 2.45) is 0 Å². The largest absolute Gasteiger partial charge is 0.433 e. The highest BCUT2D eigenvalue weighted by molar-refractivity contribution is 5.97. The molecule has 5 nitrogen and oxygen atoms in total. The fraction of sp³-hybridized carbons (Fsp3) is 0.158. The normalized spacial score (nSPS) is 16.2. The number of ether oxygens (including phenoxy) is 1. The third-order valence-electron chi connectivity index (χ3n) is 4.12. The molecule has 0 bridgehead atoms. The van der Waals surface area contributed by atoms with Gasteiger partial charge in [-0.25, -0.2) is 4.79 Å². The Morgan fingerprint density at radius 3 is 2.67 bits per heavy atom. The molecule has 0 radical (unpaired) electrons. The lowest BCUT2D eigenvalue weighted by Gasteiger charge is -2.27. The Labute approximate surface area is 139 Å². The molecule has 1 aromatic heterocycles. The number of cyclic esters (lactones) is 1. The van der Waals surface area contributed by atoms with Crippen LogP contribution in [0.15, 0.2) is 53.1 Å². The van der Waals surface area contributed by atoms with Crippen molar-refractivity contribution in [3.05, 3.63) is 71.0 Å². The standard InChI is InChI=1S/C19H16N2O3/c1-11-8-9-15-14(10-11)19(22)23-18(20-15)16-12(2)24-21-17(16)13-6-4-3-5-7-13/h3-10,18,20H,1-2H3. The summed E-state index contributed by atoms with van der Waals surface area (Å²) in [6.07, 6.45) is -0.630. The molecular formula is C19H16N2O3. The molecule has 0 spiro atoms. The van der Waals surface area contributed by atoms with E-state index in [0.29, 0.717) is 17.0 Å². The molecule has 120 valence electrons. The van der Waals surface area contributed by atoms with Crippen LogP contribution in [0.1, 0.15) is 33.5 Å². The SMILES string of the molecule is Cc1ccc2c(c1)C(=O)OC(c1c(-c3ccccc3)noc1C)N2. The van der Waals surface area contributed by atoms with Gasteiger partial charge in [-0.05, 0) is 26.0 Å². The van der Waals surface area contributed by atoms with Gasteiger partial charge in [-0.15, -0.1) is 0 Å². The predicted molar refractivity (Wildman–Crippen MR) is 89.6 cm³/mol. The first-order chi connectivity index (χ1) is 11.6. The molecule has 1 aliphatic rings. The van der Waals surface area contributed by atoms with Gasteiger partial charge >= 0.3 is 5.97 Å². The highest BCUT2D eigenvalue weighted by atomic mass is 16.6. The van der Waals surface area contributed by atoms with Gasteiger partial charge in [-0.3, -0.25) is 0 Å². The Balaban J connectivity index is 1.77. The third kappa shape index (κ3) is 2.34. The molecular weight excluding hydrogens is 304 g/mol. The van der Waals surface area contributed by atoms with Gasteiger partial charge in [0.2, 0.25) is 6.23 Å². The van der Waals surface area contributed by atoms with Crippen LogP contribution >= 0.6 is 0 Å². The van der Waals surface area contributed by atoms with Crippen molar-refractivity contribution >= 4 is 11.7 Å². The van der Waals surface area contributed by atoms with Gasteiger partial charge in [0.15, 0.2) is 0 Å². The van der Waals surface area contributed by atoms with E-state index in [-0.39, 0.29) is 5.97 Å². The molecule has 0 amide bonds. The quantitative estimate of drug-likeness (QED) is 0.716. The van der Waals surface area contributed by atoms with E-state index in [1.54, 1.807) is 0 Å². The number of esters is 1. The first-order valence-electron chi connectivity index (χ1n) is 7.73. The summed E-state index contributed by atoms with van der Waals surface area (Å²) in [6, 6.07) is 15.4. The number of anilines is 1. The molecule has 2 heterocycles. The maximum absolute atomic E-state index is 12.4. The fourth-order valence-corrected chi connectivity index (χ4v) is 2.92. The van der Waals surface area contributed by atoms with Gasteiger partial charge in [-0.2, -0.15) is 0 Å². The minimum absolute atomic E-state index is 0.350. The fourth-order valence-electron chi connectivity index (χ4n) is 2.92. The van der Waals surface area contributed by atoms with E-state index in [4.69, 9.17) is 9.26 Å². The average Bonchev–Trinajstić information content (AvgIpc) is 2.98. The van der Waals surface area contributed by atoms with Crippen LogP contribution in [0.4, 0.5) is 5.69 Å². The molecule has 1 atom stereocenters. The molecule has 0 saturated carbocycles. The highest BCUT2D eigenvalue weighted by Gasteiger charge is 2.32. The van der Waals surface area contributed by atoms with Gasteiger partial charge in [0, 0.05) is 5.56 Å². The molecule has 1 N–H and O–H groups in total. The van der Waals surface area contributed by atoms with Gasteiger partial charge in [-0.1, -0.05) is 47.1 Å². The van der Waals surface area contributed by atoms with Crippen LogP contribution in [0, 0.1) is 13.8 Å². The lowest BCUT2D eigenvalue weighted by atomic mass is 10.0. The minimum Gasteiger partial charge on any atom is -0.433 e. The van der Waals surface area contributed by atoms with Crippen LogP contribution in [-0.2, 0) is 4.74 Å². The van der Waals surface area contributed by atoms with Gasteiger partial charge < -0.3 is 14.6 Å². The van der Waals surface area contributed by atoms with Crippen molar-refractivity contribution in [2.75, 3.05) is 5.32 Å². The number of hydrogen-bond donors (Lipinski definition) is 1. The Morgan fingerprint density at radius 2 is 1.88 bits per heavy atom. The Hall–Kier alpha value is -3.08. The maximum Gasteiger partial charge on any atom is 0.342 e. The molecule has 1 aliphatic heterocycles. The molecule has 5 heteroatoms. The van der Waals surface area contributed by atoms with Crippen molar-refractivity contribution in [3.8, 4) is 11.3 Å². The van der Waals surface area contributed by atoms with Crippen LogP contribution in [0.5, 0.6) is 0 Å². The van der Waals surface area contributed by atoms with E-state index in [0.717, 1.165) is 22.4 Å². The van der Waals surface area contributed by atoms with E-state index >= 15 is 0 Å². The van der Waals surface area contributed by atoms with E-state index in [1.807, 2.05) is 62.4 Å². The zero-order valence-corrected chi connectivity index (χ0v) is 13.4. The van der Waals surface area contributed by atoms with Gasteiger partial charge in [0.05, 0.1) is 16.8 Å². The summed E-state index contributed by atoms with van der Waals surface area (Å²) in [5.74, 6) is 0.270. The number of rotatable bonds is 2. The average molecular weight is 320 g/mol. The lowest BCUT2D eigenvalue weighted by Crippen LogP contribution is -2.26. The Morgan fingerprint density at radius 1 is 1.08 bits per heavy atom. The summed E-state index contributed by atoms with van der Waals surface area (Å²) >= 11 is 0. The number of nitrogens with one attached hydrogen (secondary N) is 1. The lowest BCUT2D eigenvalue weighted by molar-refractivity contribution is 0.0329. The number of fused-ring (bicyclic) bond motifs is 1. The molecule has 24 heavy (non-hydrogen) atoms. The minimum atomic E-state index is -0.630. The topological polar surface area (TPSA) is 64.4 Å². The van der Waals surface area contributed by atoms with Crippen LogP contribution in [0.3, 0.4) is 0 Å². The first kappa shape index (κ1) is 14.5. The smallest absolute Gasteiger partial charge is 0.342 e. The molecule has 4 rings (SSSR count). The molecule has 3 aromatic rings. The number of aromatic nitrogens is 1. The van der Waals surface area contributed by atoms with Crippen molar-refractivity contribution in [1.29, 1.82) is 0 Å². The van der Waals surface area contributed by atoms with Gasteiger partial charge in [0.25, 0.3) is 0 Å². The second-order valence-electron chi connectivity index (χ2n) is 5.85. The molecule has 0 aliphatic carbocycles. The van der Waals surface area contributed by atoms with Gasteiger partial charge in [0.1, 0.15) is 11.5 Å². The number of aryl methyl sites for hydroxylation is 2.